The molecule has 3 aromatic rings. The summed E-state index contributed by atoms with van der Waals surface area (Å²) < 4.78 is 31.0. The van der Waals surface area contributed by atoms with E-state index in [4.69, 9.17) is 0 Å². The highest BCUT2D eigenvalue weighted by Crippen LogP contribution is 2.40. The van der Waals surface area contributed by atoms with E-state index >= 15 is 0 Å². The molecule has 2 bridgehead atoms. The normalized spacial score (nSPS) is 25.5. The second kappa shape index (κ2) is 9.47. The van der Waals surface area contributed by atoms with Gasteiger partial charge in [-0.1, -0.05) is 0 Å². The summed E-state index contributed by atoms with van der Waals surface area (Å²) in [7, 11) is 0. The number of anilines is 2. The van der Waals surface area contributed by atoms with E-state index in [1.807, 2.05) is 4.90 Å². The molecule has 2 aliphatic carbocycles. The fourth-order valence-electron chi connectivity index (χ4n) is 6.20. The molecule has 2 N–H and O–H groups in total. The summed E-state index contributed by atoms with van der Waals surface area (Å²) in [4.78, 5) is 32.0. The number of alkyl halides is 2. The van der Waals surface area contributed by atoms with Crippen LogP contribution in [0.4, 0.5) is 20.3 Å². The van der Waals surface area contributed by atoms with Crippen molar-refractivity contribution in [2.45, 2.75) is 63.5 Å². The molecule has 2 atom stereocenters. The number of carbonyl (C=O) groups is 2. The summed E-state index contributed by atoms with van der Waals surface area (Å²) in [6.45, 7) is 0.630. The molecular formula is C25H29F2N7O3. The number of rotatable bonds is 7. The Morgan fingerprint density at radius 3 is 2.68 bits per heavy atom. The molecule has 3 aliphatic rings. The number of aliphatic hydroxyl groups is 1. The van der Waals surface area contributed by atoms with E-state index in [-0.39, 0.29) is 41.6 Å². The fourth-order valence-corrected chi connectivity index (χ4v) is 6.20. The minimum atomic E-state index is -2.86. The Morgan fingerprint density at radius 1 is 1.19 bits per heavy atom. The minimum Gasteiger partial charge on any atom is -0.396 e. The van der Waals surface area contributed by atoms with Crippen molar-refractivity contribution in [3.8, 4) is 0 Å². The van der Waals surface area contributed by atoms with Gasteiger partial charge in [0.25, 0.3) is 12.3 Å². The number of hydrogen-bond donors (Lipinski definition) is 2. The number of piperidine rings is 1. The molecule has 0 unspecified atom stereocenters. The Bertz CT molecular complexity index is 1330. The number of hydrogen-bond acceptors (Lipinski definition) is 7. The average molecular weight is 514 g/mol. The summed E-state index contributed by atoms with van der Waals surface area (Å²) in [6, 6.07) is 1.62. The van der Waals surface area contributed by atoms with Crippen molar-refractivity contribution in [1.29, 1.82) is 0 Å². The van der Waals surface area contributed by atoms with Gasteiger partial charge in [-0.25, -0.2) is 18.3 Å². The van der Waals surface area contributed by atoms with Gasteiger partial charge < -0.3 is 15.3 Å². The highest BCUT2D eigenvalue weighted by Gasteiger charge is 2.46. The molecule has 1 aliphatic heterocycles. The summed E-state index contributed by atoms with van der Waals surface area (Å²) >= 11 is 0. The SMILES string of the molecule is O=C(Nc1cn(C2CCC(CCO)CC2)nc1C(F)F)c1c(N2C[C@H]3C[C@@H]2CC3=O)nn2cccnc12. The lowest BCUT2D eigenvalue weighted by molar-refractivity contribution is -0.120. The summed E-state index contributed by atoms with van der Waals surface area (Å²) in [6.07, 6.45) is 7.10. The average Bonchev–Trinajstić information content (AvgIpc) is 3.65. The van der Waals surface area contributed by atoms with Crippen molar-refractivity contribution in [3.05, 3.63) is 35.9 Å². The van der Waals surface area contributed by atoms with Crippen molar-refractivity contribution in [2.24, 2.45) is 11.8 Å². The lowest BCUT2D eigenvalue weighted by Crippen LogP contribution is -2.37. The first-order chi connectivity index (χ1) is 17.9. The fraction of sp³-hybridized carbons (Fsp3) is 0.560. The van der Waals surface area contributed by atoms with Crippen LogP contribution in [-0.2, 0) is 4.79 Å². The second-order valence-corrected chi connectivity index (χ2v) is 10.3. The van der Waals surface area contributed by atoms with Crippen LogP contribution in [0, 0.1) is 11.8 Å². The molecule has 10 nitrogen and oxygen atoms in total. The summed E-state index contributed by atoms with van der Waals surface area (Å²) in [5.74, 6) is 0.405. The van der Waals surface area contributed by atoms with Gasteiger partial charge >= 0.3 is 0 Å². The maximum atomic E-state index is 14.0. The largest absolute Gasteiger partial charge is 0.396 e. The highest BCUT2D eigenvalue weighted by molar-refractivity contribution is 6.12. The molecular weight excluding hydrogens is 484 g/mol. The molecule has 6 rings (SSSR count). The van der Waals surface area contributed by atoms with Gasteiger partial charge in [-0.2, -0.15) is 5.10 Å². The molecule has 37 heavy (non-hydrogen) atoms. The number of amides is 1. The number of fused-ring (bicyclic) bond motifs is 3. The summed E-state index contributed by atoms with van der Waals surface area (Å²) in [5.41, 5.74) is 0.00912. The van der Waals surface area contributed by atoms with Gasteiger partial charge in [0.05, 0.1) is 11.7 Å². The zero-order valence-corrected chi connectivity index (χ0v) is 20.3. The number of nitrogens with zero attached hydrogens (tertiary/aromatic N) is 6. The lowest BCUT2D eigenvalue weighted by Gasteiger charge is -2.28. The molecule has 0 radical (unpaired) electrons. The lowest BCUT2D eigenvalue weighted by atomic mass is 9.84. The van der Waals surface area contributed by atoms with E-state index in [1.165, 1.54) is 10.7 Å². The van der Waals surface area contributed by atoms with Gasteiger partial charge in [0.15, 0.2) is 17.2 Å². The summed E-state index contributed by atoms with van der Waals surface area (Å²) in [5, 5.41) is 20.6. The molecule has 0 spiro atoms. The van der Waals surface area contributed by atoms with Gasteiger partial charge in [-0.05, 0) is 50.5 Å². The van der Waals surface area contributed by atoms with Crippen molar-refractivity contribution >= 4 is 28.8 Å². The number of Topliss-reactive ketones (excluding diaryl/α,β-unsaturated/α-hetero) is 1. The van der Waals surface area contributed by atoms with Gasteiger partial charge in [-0.3, -0.25) is 14.3 Å². The maximum absolute atomic E-state index is 14.0. The van der Waals surface area contributed by atoms with E-state index in [9.17, 15) is 23.5 Å². The zero-order valence-electron chi connectivity index (χ0n) is 20.3. The zero-order chi connectivity index (χ0) is 25.7. The Balaban J connectivity index is 1.29. The third kappa shape index (κ3) is 4.26. The van der Waals surface area contributed by atoms with E-state index in [2.05, 4.69) is 20.5 Å². The third-order valence-electron chi connectivity index (χ3n) is 8.13. The van der Waals surface area contributed by atoms with Crippen molar-refractivity contribution in [3.63, 3.8) is 0 Å². The topological polar surface area (TPSA) is 118 Å². The number of aromatic nitrogens is 5. The van der Waals surface area contributed by atoms with Gasteiger partial charge in [0.1, 0.15) is 11.3 Å². The Morgan fingerprint density at radius 2 is 2.00 bits per heavy atom. The maximum Gasteiger partial charge on any atom is 0.284 e. The quantitative estimate of drug-likeness (QED) is 0.497. The van der Waals surface area contributed by atoms with Crippen LogP contribution in [-0.4, -0.2) is 60.4 Å². The highest BCUT2D eigenvalue weighted by atomic mass is 19.3. The van der Waals surface area contributed by atoms with E-state index in [0.29, 0.717) is 30.3 Å². The molecule has 4 heterocycles. The number of ketones is 1. The van der Waals surface area contributed by atoms with Crippen LogP contribution >= 0.6 is 0 Å². The van der Waals surface area contributed by atoms with Crippen molar-refractivity contribution < 1.29 is 23.5 Å². The molecule has 1 amide bonds. The predicted octanol–water partition coefficient (Wildman–Crippen LogP) is 3.40. The molecule has 1 saturated heterocycles. The van der Waals surface area contributed by atoms with Crippen LogP contribution in [0.5, 0.6) is 0 Å². The molecule has 196 valence electrons. The van der Waals surface area contributed by atoms with E-state index in [1.54, 1.807) is 23.1 Å². The molecule has 0 aromatic carbocycles. The van der Waals surface area contributed by atoms with Crippen LogP contribution < -0.4 is 10.2 Å². The standard InChI is InChI=1S/C25H29F2N7O3/c26-22(27)21-18(13-34(30-21)16-4-2-14(3-5-16)6-9-35)29-25(37)20-23-28-7-1-8-33(23)31-24(20)32-12-15-10-17(32)11-19(15)36/h1,7-8,13-17,22,35H,2-6,9-12H2,(H,29,37)/t14?,15-,16?,17-/m1/s1. The van der Waals surface area contributed by atoms with Crippen LogP contribution in [0.15, 0.2) is 24.7 Å². The first-order valence-corrected chi connectivity index (χ1v) is 12.8. The third-order valence-corrected chi connectivity index (χ3v) is 8.13. The first kappa shape index (κ1) is 24.0. The van der Waals surface area contributed by atoms with Crippen LogP contribution in [0.3, 0.4) is 0 Å². The van der Waals surface area contributed by atoms with Crippen molar-refractivity contribution in [2.75, 3.05) is 23.4 Å². The van der Waals surface area contributed by atoms with Crippen molar-refractivity contribution in [1.82, 2.24) is 24.4 Å². The van der Waals surface area contributed by atoms with Crippen LogP contribution in [0.25, 0.3) is 5.65 Å². The number of halogens is 2. The van der Waals surface area contributed by atoms with Gasteiger partial charge in [0, 0.05) is 50.1 Å². The number of carbonyl (C=O) groups excluding carboxylic acids is 2. The Labute approximate surface area is 211 Å². The van der Waals surface area contributed by atoms with Gasteiger partial charge in [0.2, 0.25) is 0 Å². The molecule has 2 saturated carbocycles. The molecule has 3 aromatic heterocycles. The van der Waals surface area contributed by atoms with Crippen LogP contribution in [0.2, 0.25) is 0 Å². The van der Waals surface area contributed by atoms with E-state index in [0.717, 1.165) is 38.5 Å². The van der Waals surface area contributed by atoms with Crippen LogP contribution in [0.1, 0.15) is 73.5 Å². The van der Waals surface area contributed by atoms with E-state index < -0.39 is 18.0 Å². The molecule has 12 heteroatoms. The smallest absolute Gasteiger partial charge is 0.284 e. The Kier molecular flexibility index (Phi) is 6.13. The minimum absolute atomic E-state index is 0.0307. The predicted molar refractivity (Wildman–Crippen MR) is 130 cm³/mol. The monoisotopic (exact) mass is 513 g/mol. The first-order valence-electron chi connectivity index (χ1n) is 12.8. The number of aliphatic hydroxyl groups excluding tert-OH is 1. The van der Waals surface area contributed by atoms with Gasteiger partial charge in [-0.15, -0.1) is 5.10 Å². The Hall–Kier alpha value is -3.41. The number of nitrogens with one attached hydrogen (secondary N) is 1. The second-order valence-electron chi connectivity index (χ2n) is 10.3. The molecule has 3 fully saturated rings.